The van der Waals surface area contributed by atoms with Crippen molar-refractivity contribution in [3.63, 3.8) is 0 Å². The maximum atomic E-state index is 10.9. The molecular formula is C14H19NO3. The highest BCUT2D eigenvalue weighted by Gasteiger charge is 2.34. The van der Waals surface area contributed by atoms with Gasteiger partial charge in [0.25, 0.3) is 0 Å². The average Bonchev–Trinajstić information content (AvgIpc) is 2.87. The van der Waals surface area contributed by atoms with E-state index in [1.54, 1.807) is 12.1 Å². The Morgan fingerprint density at radius 1 is 1.22 bits per heavy atom. The van der Waals surface area contributed by atoms with Crippen molar-refractivity contribution in [2.24, 2.45) is 5.92 Å². The van der Waals surface area contributed by atoms with Gasteiger partial charge < -0.3 is 14.4 Å². The minimum atomic E-state index is -0.988. The monoisotopic (exact) mass is 249 g/mol. The molecule has 1 saturated carbocycles. The third-order valence-corrected chi connectivity index (χ3v) is 4.33. The van der Waals surface area contributed by atoms with Gasteiger partial charge in [0.1, 0.15) is 0 Å². The van der Waals surface area contributed by atoms with Crippen LogP contribution in [0.2, 0.25) is 0 Å². The molecule has 2 fully saturated rings. The number of carbonyl (C=O) groups is 1. The van der Waals surface area contributed by atoms with E-state index >= 15 is 0 Å². The molecular weight excluding hydrogens is 230 g/mol. The number of carboxylic acids is 1. The number of aromatic carboxylic acids is 1. The van der Waals surface area contributed by atoms with Gasteiger partial charge in [-0.25, -0.2) is 4.79 Å². The standard InChI is InChI=1S/C14H19NO3/c16-14(17)12-7-8-13(18-12)15-9-3-5-10-4-1-2-6-11(10)15/h7-8,10-11H,1-6,9H2,(H,16,17). The fourth-order valence-electron chi connectivity index (χ4n) is 3.50. The highest BCUT2D eigenvalue weighted by Crippen LogP contribution is 2.38. The molecule has 0 bridgehead atoms. The van der Waals surface area contributed by atoms with E-state index in [2.05, 4.69) is 4.90 Å². The number of rotatable bonds is 2. The van der Waals surface area contributed by atoms with Gasteiger partial charge in [0.05, 0.1) is 0 Å². The molecule has 0 amide bonds. The summed E-state index contributed by atoms with van der Waals surface area (Å²) in [5, 5.41) is 8.92. The molecule has 0 spiro atoms. The van der Waals surface area contributed by atoms with Crippen LogP contribution in [0.3, 0.4) is 0 Å². The molecule has 2 heterocycles. The van der Waals surface area contributed by atoms with E-state index in [4.69, 9.17) is 9.52 Å². The van der Waals surface area contributed by atoms with Crippen molar-refractivity contribution in [1.82, 2.24) is 0 Å². The van der Waals surface area contributed by atoms with Gasteiger partial charge in [-0.2, -0.15) is 0 Å². The van der Waals surface area contributed by atoms with Gasteiger partial charge in [-0.3, -0.25) is 0 Å². The SMILES string of the molecule is O=C(O)c1ccc(N2CCCC3CCCCC32)o1. The molecule has 98 valence electrons. The maximum absolute atomic E-state index is 10.9. The largest absolute Gasteiger partial charge is 0.475 e. The van der Waals surface area contributed by atoms with Gasteiger partial charge in [0, 0.05) is 18.7 Å². The lowest BCUT2D eigenvalue weighted by atomic mass is 9.78. The van der Waals surface area contributed by atoms with E-state index in [9.17, 15) is 4.79 Å². The first-order valence-corrected chi connectivity index (χ1v) is 6.85. The molecule has 3 rings (SSSR count). The van der Waals surface area contributed by atoms with Crippen LogP contribution < -0.4 is 4.90 Å². The summed E-state index contributed by atoms with van der Waals surface area (Å²) in [5.41, 5.74) is 0. The van der Waals surface area contributed by atoms with Crippen LogP contribution in [0.5, 0.6) is 0 Å². The Labute approximate surface area is 107 Å². The Kier molecular flexibility index (Phi) is 3.02. The van der Waals surface area contributed by atoms with E-state index < -0.39 is 5.97 Å². The summed E-state index contributed by atoms with van der Waals surface area (Å²) >= 11 is 0. The number of furan rings is 1. The smallest absolute Gasteiger partial charge is 0.371 e. The zero-order valence-corrected chi connectivity index (χ0v) is 10.5. The topological polar surface area (TPSA) is 53.7 Å². The summed E-state index contributed by atoms with van der Waals surface area (Å²) in [6.45, 7) is 0.994. The number of carboxylic acid groups (broad SMARTS) is 1. The van der Waals surface area contributed by atoms with Crippen LogP contribution in [0.4, 0.5) is 5.88 Å². The lowest BCUT2D eigenvalue weighted by Crippen LogP contribution is -2.46. The van der Waals surface area contributed by atoms with Crippen LogP contribution in [-0.4, -0.2) is 23.7 Å². The van der Waals surface area contributed by atoms with Crippen LogP contribution in [0.15, 0.2) is 16.5 Å². The number of hydrogen-bond donors (Lipinski definition) is 1. The van der Waals surface area contributed by atoms with Gasteiger partial charge >= 0.3 is 5.97 Å². The molecule has 0 radical (unpaired) electrons. The lowest BCUT2D eigenvalue weighted by molar-refractivity contribution is 0.0662. The maximum Gasteiger partial charge on any atom is 0.371 e. The lowest BCUT2D eigenvalue weighted by Gasteiger charge is -2.44. The van der Waals surface area contributed by atoms with Crippen molar-refractivity contribution in [2.75, 3.05) is 11.4 Å². The number of anilines is 1. The molecule has 1 aromatic rings. The van der Waals surface area contributed by atoms with E-state index in [-0.39, 0.29) is 5.76 Å². The van der Waals surface area contributed by atoms with Gasteiger partial charge in [0.15, 0.2) is 5.88 Å². The van der Waals surface area contributed by atoms with Crippen molar-refractivity contribution < 1.29 is 14.3 Å². The van der Waals surface area contributed by atoms with E-state index in [0.717, 1.165) is 18.3 Å². The molecule has 1 aliphatic carbocycles. The first-order valence-electron chi connectivity index (χ1n) is 6.85. The third-order valence-electron chi connectivity index (χ3n) is 4.33. The first-order chi connectivity index (χ1) is 8.75. The fourth-order valence-corrected chi connectivity index (χ4v) is 3.50. The Morgan fingerprint density at radius 3 is 2.78 bits per heavy atom. The number of nitrogens with zero attached hydrogens (tertiary/aromatic N) is 1. The van der Waals surface area contributed by atoms with Crippen LogP contribution in [0, 0.1) is 5.92 Å². The number of piperidine rings is 1. The van der Waals surface area contributed by atoms with Gasteiger partial charge in [-0.15, -0.1) is 0 Å². The minimum absolute atomic E-state index is 0.0444. The average molecular weight is 249 g/mol. The van der Waals surface area contributed by atoms with Crippen molar-refractivity contribution >= 4 is 11.9 Å². The normalized spacial score (nSPS) is 27.9. The van der Waals surface area contributed by atoms with Crippen molar-refractivity contribution in [2.45, 2.75) is 44.6 Å². The predicted molar refractivity (Wildman–Crippen MR) is 68.0 cm³/mol. The highest BCUT2D eigenvalue weighted by molar-refractivity contribution is 5.84. The second kappa shape index (κ2) is 4.67. The quantitative estimate of drug-likeness (QED) is 0.874. The number of hydrogen-bond acceptors (Lipinski definition) is 3. The summed E-state index contributed by atoms with van der Waals surface area (Å²) in [7, 11) is 0. The van der Waals surface area contributed by atoms with Gasteiger partial charge in [-0.1, -0.05) is 12.8 Å². The summed E-state index contributed by atoms with van der Waals surface area (Å²) in [6.07, 6.45) is 7.65. The molecule has 18 heavy (non-hydrogen) atoms. The molecule has 2 aliphatic rings. The molecule has 1 N–H and O–H groups in total. The Morgan fingerprint density at radius 2 is 2.00 bits per heavy atom. The second-order valence-electron chi connectivity index (χ2n) is 5.39. The summed E-state index contributed by atoms with van der Waals surface area (Å²) in [5.74, 6) is 0.566. The Hall–Kier alpha value is -1.45. The third kappa shape index (κ3) is 2.00. The summed E-state index contributed by atoms with van der Waals surface area (Å²) < 4.78 is 5.46. The molecule has 4 nitrogen and oxygen atoms in total. The predicted octanol–water partition coefficient (Wildman–Crippen LogP) is 3.14. The van der Waals surface area contributed by atoms with E-state index in [1.807, 2.05) is 0 Å². The molecule has 1 saturated heterocycles. The zero-order valence-electron chi connectivity index (χ0n) is 10.5. The second-order valence-corrected chi connectivity index (χ2v) is 5.39. The first kappa shape index (κ1) is 11.6. The highest BCUT2D eigenvalue weighted by atomic mass is 16.4. The summed E-state index contributed by atoms with van der Waals surface area (Å²) in [6, 6.07) is 3.92. The molecule has 4 heteroatoms. The van der Waals surface area contributed by atoms with Crippen molar-refractivity contribution in [1.29, 1.82) is 0 Å². The van der Waals surface area contributed by atoms with E-state index in [0.29, 0.717) is 6.04 Å². The van der Waals surface area contributed by atoms with Crippen molar-refractivity contribution in [3.05, 3.63) is 17.9 Å². The van der Waals surface area contributed by atoms with Crippen LogP contribution >= 0.6 is 0 Å². The van der Waals surface area contributed by atoms with Crippen molar-refractivity contribution in [3.8, 4) is 0 Å². The fraction of sp³-hybridized carbons (Fsp3) is 0.643. The van der Waals surface area contributed by atoms with Gasteiger partial charge in [0.2, 0.25) is 5.76 Å². The number of fused-ring (bicyclic) bond motifs is 1. The summed E-state index contributed by atoms with van der Waals surface area (Å²) in [4.78, 5) is 13.2. The molecule has 1 aliphatic heterocycles. The van der Waals surface area contributed by atoms with Crippen LogP contribution in [0.1, 0.15) is 49.1 Å². The van der Waals surface area contributed by atoms with Crippen LogP contribution in [0.25, 0.3) is 0 Å². The molecule has 2 atom stereocenters. The van der Waals surface area contributed by atoms with Crippen LogP contribution in [-0.2, 0) is 0 Å². The minimum Gasteiger partial charge on any atom is -0.475 e. The molecule has 1 aromatic heterocycles. The molecule has 0 aromatic carbocycles. The Balaban J connectivity index is 1.82. The van der Waals surface area contributed by atoms with E-state index in [1.165, 1.54) is 38.5 Å². The van der Waals surface area contributed by atoms with Gasteiger partial charge in [-0.05, 0) is 37.7 Å². The zero-order chi connectivity index (χ0) is 12.5. The molecule has 2 unspecified atom stereocenters. The Bertz CT molecular complexity index is 438.